The number of anilines is 1. The van der Waals surface area contributed by atoms with Crippen LogP contribution in [0, 0.1) is 0 Å². The second-order valence-electron chi connectivity index (χ2n) is 3.37. The van der Waals surface area contributed by atoms with E-state index in [9.17, 15) is 0 Å². The number of hydrogen-bond donors (Lipinski definition) is 2. The van der Waals surface area contributed by atoms with Crippen LogP contribution in [0.1, 0.15) is 6.92 Å². The summed E-state index contributed by atoms with van der Waals surface area (Å²) < 4.78 is 1.29. The third-order valence-electron chi connectivity index (χ3n) is 2.30. The van der Waals surface area contributed by atoms with E-state index >= 15 is 0 Å². The maximum absolute atomic E-state index is 4.16. The Morgan fingerprint density at radius 2 is 2.19 bits per heavy atom. The summed E-state index contributed by atoms with van der Waals surface area (Å²) in [5, 5.41) is 9.84. The fourth-order valence-corrected chi connectivity index (χ4v) is 2.44. The molecule has 1 heterocycles. The molecule has 16 heavy (non-hydrogen) atoms. The minimum absolute atomic E-state index is 0.811. The standard InChI is InChI=1S/C12H15N3S/c1-3-14-12(13-2)15-10-8-16-11-7-5-4-6-9(10)11/h4-8H,3H2,1-2H3,(H2,13,14,15). The van der Waals surface area contributed by atoms with Crippen molar-refractivity contribution in [1.82, 2.24) is 5.32 Å². The maximum atomic E-state index is 4.16. The number of nitrogens with one attached hydrogen (secondary N) is 2. The van der Waals surface area contributed by atoms with E-state index < -0.39 is 0 Å². The summed E-state index contributed by atoms with van der Waals surface area (Å²) in [6, 6.07) is 8.35. The number of fused-ring (bicyclic) bond motifs is 1. The van der Waals surface area contributed by atoms with Gasteiger partial charge < -0.3 is 10.6 Å². The van der Waals surface area contributed by atoms with E-state index in [0.29, 0.717) is 0 Å². The van der Waals surface area contributed by atoms with Crippen molar-refractivity contribution in [2.45, 2.75) is 6.92 Å². The molecular weight excluding hydrogens is 218 g/mol. The lowest BCUT2D eigenvalue weighted by atomic mass is 10.2. The number of aliphatic imine (C=N–C) groups is 1. The molecule has 0 radical (unpaired) electrons. The van der Waals surface area contributed by atoms with E-state index in [-0.39, 0.29) is 0 Å². The molecule has 1 aromatic carbocycles. The normalized spacial score (nSPS) is 11.8. The third-order valence-corrected chi connectivity index (χ3v) is 3.27. The first-order valence-electron chi connectivity index (χ1n) is 5.29. The zero-order valence-electron chi connectivity index (χ0n) is 9.45. The van der Waals surface area contributed by atoms with Crippen LogP contribution in [-0.4, -0.2) is 19.6 Å². The van der Waals surface area contributed by atoms with Gasteiger partial charge in [-0.15, -0.1) is 11.3 Å². The van der Waals surface area contributed by atoms with E-state index in [4.69, 9.17) is 0 Å². The summed E-state index contributed by atoms with van der Waals surface area (Å²) in [5.41, 5.74) is 1.11. The van der Waals surface area contributed by atoms with Crippen LogP contribution in [0.15, 0.2) is 34.6 Å². The molecule has 2 rings (SSSR count). The molecule has 0 bridgehead atoms. The molecule has 0 aliphatic heterocycles. The number of hydrogen-bond acceptors (Lipinski definition) is 2. The fourth-order valence-electron chi connectivity index (χ4n) is 1.55. The molecule has 0 amide bonds. The van der Waals surface area contributed by atoms with Gasteiger partial charge in [-0.25, -0.2) is 0 Å². The van der Waals surface area contributed by atoms with E-state index in [2.05, 4.69) is 52.2 Å². The number of guanidine groups is 1. The third kappa shape index (κ3) is 2.17. The second kappa shape index (κ2) is 4.99. The molecule has 0 atom stereocenters. The Bertz CT molecular complexity index is 502. The summed E-state index contributed by atoms with van der Waals surface area (Å²) in [4.78, 5) is 4.16. The summed E-state index contributed by atoms with van der Waals surface area (Å²) in [7, 11) is 1.78. The van der Waals surface area contributed by atoms with Gasteiger partial charge in [0.15, 0.2) is 5.96 Å². The molecular formula is C12H15N3S. The molecule has 1 aromatic heterocycles. The molecule has 0 unspecified atom stereocenters. The van der Waals surface area contributed by atoms with Crippen LogP contribution in [-0.2, 0) is 0 Å². The molecule has 2 aromatic rings. The van der Waals surface area contributed by atoms with Gasteiger partial charge in [0, 0.05) is 29.1 Å². The van der Waals surface area contributed by atoms with E-state index in [1.807, 2.05) is 0 Å². The predicted octanol–water partition coefficient (Wildman–Crippen LogP) is 2.91. The molecule has 2 N–H and O–H groups in total. The minimum atomic E-state index is 0.811. The van der Waals surface area contributed by atoms with Gasteiger partial charge in [0.2, 0.25) is 0 Å². The molecule has 4 heteroatoms. The highest BCUT2D eigenvalue weighted by Gasteiger charge is 2.04. The molecule has 0 spiro atoms. The van der Waals surface area contributed by atoms with Crippen molar-refractivity contribution >= 4 is 33.1 Å². The predicted molar refractivity (Wildman–Crippen MR) is 72.5 cm³/mol. The first-order chi connectivity index (χ1) is 7.85. The summed E-state index contributed by atoms with van der Waals surface area (Å²) >= 11 is 1.74. The average Bonchev–Trinajstić information content (AvgIpc) is 2.72. The highest BCUT2D eigenvalue weighted by Crippen LogP contribution is 2.29. The SMILES string of the molecule is CCNC(=NC)Nc1csc2ccccc12. The van der Waals surface area contributed by atoms with Crippen molar-refractivity contribution in [3.05, 3.63) is 29.6 Å². The molecule has 84 valence electrons. The van der Waals surface area contributed by atoms with Crippen LogP contribution in [0.4, 0.5) is 5.69 Å². The van der Waals surface area contributed by atoms with Crippen LogP contribution >= 0.6 is 11.3 Å². The van der Waals surface area contributed by atoms with Crippen molar-refractivity contribution in [2.75, 3.05) is 18.9 Å². The smallest absolute Gasteiger partial charge is 0.195 e. The van der Waals surface area contributed by atoms with Crippen LogP contribution in [0.25, 0.3) is 10.1 Å². The lowest BCUT2D eigenvalue weighted by Gasteiger charge is -2.08. The lowest BCUT2D eigenvalue weighted by Crippen LogP contribution is -2.30. The summed E-state index contributed by atoms with van der Waals surface area (Å²) in [6.45, 7) is 2.92. The van der Waals surface area contributed by atoms with Gasteiger partial charge in [-0.3, -0.25) is 4.99 Å². The Kier molecular flexibility index (Phi) is 3.41. The maximum Gasteiger partial charge on any atom is 0.195 e. The molecule has 0 aliphatic rings. The summed E-state index contributed by atoms with van der Waals surface area (Å²) in [5.74, 6) is 0.811. The molecule has 0 saturated heterocycles. The van der Waals surface area contributed by atoms with Gasteiger partial charge in [0.05, 0.1) is 5.69 Å². The Labute approximate surface area is 99.2 Å². The fraction of sp³-hybridized carbons (Fsp3) is 0.250. The lowest BCUT2D eigenvalue weighted by molar-refractivity contribution is 0.958. The first-order valence-corrected chi connectivity index (χ1v) is 6.17. The van der Waals surface area contributed by atoms with Crippen LogP contribution < -0.4 is 10.6 Å². The topological polar surface area (TPSA) is 36.4 Å². The zero-order chi connectivity index (χ0) is 11.4. The Balaban J connectivity index is 2.27. The monoisotopic (exact) mass is 233 g/mol. The van der Waals surface area contributed by atoms with Gasteiger partial charge in [-0.2, -0.15) is 0 Å². The highest BCUT2D eigenvalue weighted by molar-refractivity contribution is 7.17. The Morgan fingerprint density at radius 1 is 1.38 bits per heavy atom. The van der Waals surface area contributed by atoms with Crippen LogP contribution in [0.5, 0.6) is 0 Å². The Hall–Kier alpha value is -1.55. The first kappa shape index (κ1) is 11.0. The minimum Gasteiger partial charge on any atom is -0.356 e. The van der Waals surface area contributed by atoms with Gasteiger partial charge >= 0.3 is 0 Å². The van der Waals surface area contributed by atoms with Crippen molar-refractivity contribution in [2.24, 2.45) is 4.99 Å². The van der Waals surface area contributed by atoms with Crippen LogP contribution in [0.3, 0.4) is 0 Å². The number of nitrogens with zero attached hydrogens (tertiary/aromatic N) is 1. The largest absolute Gasteiger partial charge is 0.356 e. The Morgan fingerprint density at radius 3 is 2.94 bits per heavy atom. The van der Waals surface area contributed by atoms with Crippen LogP contribution in [0.2, 0.25) is 0 Å². The number of rotatable bonds is 2. The van der Waals surface area contributed by atoms with E-state index in [1.165, 1.54) is 10.1 Å². The average molecular weight is 233 g/mol. The second-order valence-corrected chi connectivity index (χ2v) is 4.28. The molecule has 3 nitrogen and oxygen atoms in total. The molecule has 0 fully saturated rings. The van der Waals surface area contributed by atoms with Gasteiger partial charge in [-0.1, -0.05) is 18.2 Å². The van der Waals surface area contributed by atoms with Gasteiger partial charge in [0.1, 0.15) is 0 Å². The van der Waals surface area contributed by atoms with Crippen molar-refractivity contribution in [3.63, 3.8) is 0 Å². The van der Waals surface area contributed by atoms with E-state index in [1.54, 1.807) is 18.4 Å². The molecule has 0 aliphatic carbocycles. The highest BCUT2D eigenvalue weighted by atomic mass is 32.1. The number of benzene rings is 1. The van der Waals surface area contributed by atoms with Gasteiger partial charge in [-0.05, 0) is 13.0 Å². The van der Waals surface area contributed by atoms with E-state index in [0.717, 1.165) is 18.2 Å². The zero-order valence-corrected chi connectivity index (χ0v) is 10.3. The van der Waals surface area contributed by atoms with Crippen molar-refractivity contribution in [1.29, 1.82) is 0 Å². The van der Waals surface area contributed by atoms with Crippen molar-refractivity contribution < 1.29 is 0 Å². The summed E-state index contributed by atoms with van der Waals surface area (Å²) in [6.07, 6.45) is 0. The van der Waals surface area contributed by atoms with Crippen molar-refractivity contribution in [3.8, 4) is 0 Å². The quantitative estimate of drug-likeness (QED) is 0.618. The number of thiophene rings is 1. The molecule has 0 saturated carbocycles. The van der Waals surface area contributed by atoms with Gasteiger partial charge in [0.25, 0.3) is 0 Å².